The number of hydrogen-bond donors (Lipinski definition) is 0. The molecule has 1 aliphatic carbocycles. The average Bonchev–Trinajstić information content (AvgIpc) is 2.26. The number of rotatable bonds is 2. The van der Waals surface area contributed by atoms with Crippen molar-refractivity contribution < 1.29 is 4.79 Å². The van der Waals surface area contributed by atoms with Crippen molar-refractivity contribution in [1.82, 2.24) is 4.90 Å². The second kappa shape index (κ2) is 4.23. The highest BCUT2D eigenvalue weighted by atomic mass is 16.2. The third-order valence-corrected chi connectivity index (χ3v) is 4.64. The highest BCUT2D eigenvalue weighted by molar-refractivity contribution is 5.87. The van der Waals surface area contributed by atoms with Crippen molar-refractivity contribution in [3.63, 3.8) is 0 Å². The summed E-state index contributed by atoms with van der Waals surface area (Å²) in [6.45, 7) is 10.1. The van der Waals surface area contributed by atoms with Gasteiger partial charge in [-0.05, 0) is 49.0 Å². The maximum Gasteiger partial charge on any atom is 0.245 e. The van der Waals surface area contributed by atoms with E-state index in [1.54, 1.807) is 0 Å². The van der Waals surface area contributed by atoms with Gasteiger partial charge in [0.05, 0.1) is 0 Å². The Kier molecular flexibility index (Phi) is 3.09. The molecule has 1 aliphatic heterocycles. The summed E-state index contributed by atoms with van der Waals surface area (Å²) in [5.74, 6) is 1.70. The van der Waals surface area contributed by atoms with Gasteiger partial charge in [0.25, 0.3) is 0 Å². The van der Waals surface area contributed by atoms with Crippen molar-refractivity contribution >= 4 is 5.91 Å². The molecule has 0 aromatic heterocycles. The van der Waals surface area contributed by atoms with Crippen molar-refractivity contribution in [2.75, 3.05) is 13.1 Å². The Hall–Kier alpha value is -0.790. The van der Waals surface area contributed by atoms with E-state index in [-0.39, 0.29) is 5.91 Å². The van der Waals surface area contributed by atoms with E-state index in [1.165, 1.54) is 31.8 Å². The normalized spacial score (nSPS) is 33.9. The van der Waals surface area contributed by atoms with E-state index in [0.29, 0.717) is 5.41 Å². The fraction of sp³-hybridized carbons (Fsp3) is 0.786. The maximum atomic E-state index is 11.7. The molecule has 0 N–H and O–H groups in total. The van der Waals surface area contributed by atoms with Crippen LogP contribution in [0.15, 0.2) is 12.7 Å². The maximum absolute atomic E-state index is 11.7. The van der Waals surface area contributed by atoms with Gasteiger partial charge >= 0.3 is 0 Å². The molecule has 2 nitrogen and oxygen atoms in total. The first-order valence-electron chi connectivity index (χ1n) is 6.50. The molecule has 0 aromatic rings. The van der Waals surface area contributed by atoms with Crippen LogP contribution in [-0.2, 0) is 4.79 Å². The fourth-order valence-corrected chi connectivity index (χ4v) is 3.74. The van der Waals surface area contributed by atoms with Crippen molar-refractivity contribution in [2.45, 2.75) is 39.5 Å². The summed E-state index contributed by atoms with van der Waals surface area (Å²) in [4.78, 5) is 13.7. The van der Waals surface area contributed by atoms with E-state index in [0.717, 1.165) is 24.9 Å². The molecular formula is C14H23NO. The van der Waals surface area contributed by atoms with Crippen LogP contribution in [0, 0.1) is 17.3 Å². The molecule has 2 aliphatic rings. The molecular weight excluding hydrogens is 198 g/mol. The highest BCUT2D eigenvalue weighted by Gasteiger charge is 2.50. The van der Waals surface area contributed by atoms with Crippen LogP contribution in [0.25, 0.3) is 0 Å². The largest absolute Gasteiger partial charge is 0.339 e. The molecule has 2 atom stereocenters. The van der Waals surface area contributed by atoms with Gasteiger partial charge < -0.3 is 4.90 Å². The van der Waals surface area contributed by atoms with Gasteiger partial charge in [0.15, 0.2) is 0 Å². The molecule has 0 bridgehead atoms. The Morgan fingerprint density at radius 1 is 1.50 bits per heavy atom. The second-order valence-electron chi connectivity index (χ2n) is 5.82. The topological polar surface area (TPSA) is 20.3 Å². The molecule has 0 radical (unpaired) electrons. The molecule has 2 unspecified atom stereocenters. The number of piperidine rings is 1. The quantitative estimate of drug-likeness (QED) is 0.657. The molecule has 16 heavy (non-hydrogen) atoms. The van der Waals surface area contributed by atoms with E-state index in [1.807, 2.05) is 4.90 Å². The van der Waals surface area contributed by atoms with Crippen LogP contribution in [0.2, 0.25) is 0 Å². The third-order valence-electron chi connectivity index (χ3n) is 4.64. The summed E-state index contributed by atoms with van der Waals surface area (Å²) >= 11 is 0. The minimum atomic E-state index is 0.119. The van der Waals surface area contributed by atoms with Crippen LogP contribution in [0.3, 0.4) is 0 Å². The summed E-state index contributed by atoms with van der Waals surface area (Å²) in [7, 11) is 0. The number of carbonyl (C=O) groups is 1. The molecule has 0 aromatic carbocycles. The molecule has 1 saturated heterocycles. The number of amides is 1. The lowest BCUT2D eigenvalue weighted by Gasteiger charge is -2.56. The van der Waals surface area contributed by atoms with E-state index in [2.05, 4.69) is 20.4 Å². The number of carbonyl (C=O) groups excluding carboxylic acids is 1. The minimum absolute atomic E-state index is 0.119. The molecule has 1 heterocycles. The van der Waals surface area contributed by atoms with Crippen molar-refractivity contribution in [3.8, 4) is 0 Å². The lowest BCUT2D eigenvalue weighted by molar-refractivity contribution is -0.136. The number of likely N-dealkylation sites (tertiary alicyclic amines) is 1. The van der Waals surface area contributed by atoms with E-state index in [4.69, 9.17) is 0 Å². The lowest BCUT2D eigenvalue weighted by atomic mass is 9.53. The standard InChI is InChI=1S/C14H23NO/c1-4-13(16)15-9-5-7-14(10-15)8-6-12(14)11(2)3/h4,11-12H,1,5-10H2,2-3H3. The zero-order chi connectivity index (χ0) is 11.8. The van der Waals surface area contributed by atoms with Gasteiger partial charge in [-0.2, -0.15) is 0 Å². The van der Waals surface area contributed by atoms with Crippen molar-refractivity contribution in [2.24, 2.45) is 17.3 Å². The van der Waals surface area contributed by atoms with Gasteiger partial charge in [0, 0.05) is 13.1 Å². The monoisotopic (exact) mass is 221 g/mol. The molecule has 90 valence electrons. The third kappa shape index (κ3) is 1.79. The van der Waals surface area contributed by atoms with Gasteiger partial charge in [-0.15, -0.1) is 0 Å². The van der Waals surface area contributed by atoms with Gasteiger partial charge in [0.2, 0.25) is 5.91 Å². The van der Waals surface area contributed by atoms with Gasteiger partial charge in [-0.1, -0.05) is 20.4 Å². The van der Waals surface area contributed by atoms with E-state index >= 15 is 0 Å². The Labute approximate surface area is 98.7 Å². The predicted octanol–water partition coefficient (Wildman–Crippen LogP) is 2.85. The first kappa shape index (κ1) is 11.7. The van der Waals surface area contributed by atoms with Crippen LogP contribution in [0.5, 0.6) is 0 Å². The van der Waals surface area contributed by atoms with Gasteiger partial charge in [0.1, 0.15) is 0 Å². The molecule has 1 amide bonds. The van der Waals surface area contributed by atoms with Crippen LogP contribution >= 0.6 is 0 Å². The number of hydrogen-bond acceptors (Lipinski definition) is 1. The zero-order valence-corrected chi connectivity index (χ0v) is 10.5. The summed E-state index contributed by atoms with van der Waals surface area (Å²) < 4.78 is 0. The van der Waals surface area contributed by atoms with Gasteiger partial charge in [-0.3, -0.25) is 4.79 Å². The fourth-order valence-electron chi connectivity index (χ4n) is 3.74. The summed E-state index contributed by atoms with van der Waals surface area (Å²) in [6, 6.07) is 0. The molecule has 1 saturated carbocycles. The lowest BCUT2D eigenvalue weighted by Crippen LogP contribution is -2.55. The highest BCUT2D eigenvalue weighted by Crippen LogP contribution is 2.55. The average molecular weight is 221 g/mol. The molecule has 2 fully saturated rings. The number of nitrogens with zero attached hydrogens (tertiary/aromatic N) is 1. The Morgan fingerprint density at radius 3 is 2.75 bits per heavy atom. The van der Waals surface area contributed by atoms with Crippen molar-refractivity contribution in [1.29, 1.82) is 0 Å². The Morgan fingerprint density at radius 2 is 2.25 bits per heavy atom. The van der Waals surface area contributed by atoms with Crippen LogP contribution < -0.4 is 0 Å². The first-order valence-corrected chi connectivity index (χ1v) is 6.50. The zero-order valence-electron chi connectivity index (χ0n) is 10.5. The van der Waals surface area contributed by atoms with E-state index < -0.39 is 0 Å². The van der Waals surface area contributed by atoms with E-state index in [9.17, 15) is 4.79 Å². The van der Waals surface area contributed by atoms with Gasteiger partial charge in [-0.25, -0.2) is 0 Å². The molecule has 2 rings (SSSR count). The second-order valence-corrected chi connectivity index (χ2v) is 5.82. The minimum Gasteiger partial charge on any atom is -0.339 e. The van der Waals surface area contributed by atoms with Crippen molar-refractivity contribution in [3.05, 3.63) is 12.7 Å². The Balaban J connectivity index is 2.06. The summed E-state index contributed by atoms with van der Waals surface area (Å²) in [6.07, 6.45) is 6.62. The Bertz CT molecular complexity index is 297. The smallest absolute Gasteiger partial charge is 0.245 e. The summed E-state index contributed by atoms with van der Waals surface area (Å²) in [5, 5.41) is 0. The molecule has 2 heteroatoms. The van der Waals surface area contributed by atoms with Crippen LogP contribution in [-0.4, -0.2) is 23.9 Å². The van der Waals surface area contributed by atoms with Crippen LogP contribution in [0.4, 0.5) is 0 Å². The SMILES string of the molecule is C=CC(=O)N1CCCC2(CCC2C(C)C)C1. The molecule has 1 spiro atoms. The summed E-state index contributed by atoms with van der Waals surface area (Å²) in [5.41, 5.74) is 0.449. The predicted molar refractivity (Wildman–Crippen MR) is 66.0 cm³/mol. The van der Waals surface area contributed by atoms with Crippen LogP contribution in [0.1, 0.15) is 39.5 Å². The first-order chi connectivity index (χ1) is 7.59.